The van der Waals surface area contributed by atoms with Crippen LogP contribution < -0.4 is 0 Å². The number of imidazole rings is 1. The molecular formula is C12H18FN4O12P3. The molecule has 6 atom stereocenters. The summed E-state index contributed by atoms with van der Waals surface area (Å²) in [5.74, 6) is 0. The Morgan fingerprint density at radius 2 is 1.81 bits per heavy atom. The van der Waals surface area contributed by atoms with Crippen molar-refractivity contribution in [1.29, 1.82) is 0 Å². The Hall–Kier alpha value is -1.19. The van der Waals surface area contributed by atoms with Crippen LogP contribution in [0.15, 0.2) is 12.7 Å². The molecule has 3 heterocycles. The largest absolute Gasteiger partial charge is 0.490 e. The number of aryl methyl sites for hydroxylation is 1. The van der Waals surface area contributed by atoms with E-state index in [0.29, 0.717) is 17.6 Å². The van der Waals surface area contributed by atoms with Gasteiger partial charge in [0.15, 0.2) is 18.0 Å². The summed E-state index contributed by atoms with van der Waals surface area (Å²) < 4.78 is 66.4. The number of hydrogen-bond acceptors (Lipinski definition) is 11. The molecule has 0 saturated carbocycles. The van der Waals surface area contributed by atoms with Gasteiger partial charge in [0.25, 0.3) is 0 Å². The number of phosphoric ester groups is 1. The molecule has 0 amide bonds. The molecule has 20 heteroatoms. The molecule has 1 aliphatic rings. The van der Waals surface area contributed by atoms with Gasteiger partial charge in [0.05, 0.1) is 18.6 Å². The quantitative estimate of drug-likeness (QED) is 0.279. The van der Waals surface area contributed by atoms with Crippen LogP contribution in [0.2, 0.25) is 0 Å². The van der Waals surface area contributed by atoms with Gasteiger partial charge >= 0.3 is 23.5 Å². The fourth-order valence-corrected chi connectivity index (χ4v) is 5.92. The van der Waals surface area contributed by atoms with Crippen molar-refractivity contribution in [3.8, 4) is 0 Å². The lowest BCUT2D eigenvalue weighted by Gasteiger charge is -2.18. The predicted molar refractivity (Wildman–Crippen MR) is 99.3 cm³/mol. The third-order valence-electron chi connectivity index (χ3n) is 4.15. The molecule has 6 unspecified atom stereocenters. The number of halogens is 1. The zero-order chi connectivity index (χ0) is 23.9. The summed E-state index contributed by atoms with van der Waals surface area (Å²) >= 11 is 0. The minimum Gasteiger partial charge on any atom is -0.385 e. The summed E-state index contributed by atoms with van der Waals surface area (Å²) in [6.45, 7) is 0.776. The number of phosphoric acid groups is 3. The highest BCUT2D eigenvalue weighted by Crippen LogP contribution is 2.66. The number of fused-ring (bicyclic) bond motifs is 1. The molecule has 0 radical (unpaired) electrons. The lowest BCUT2D eigenvalue weighted by molar-refractivity contribution is -0.0489. The van der Waals surface area contributed by atoms with Gasteiger partial charge in [0.2, 0.25) is 0 Å². The van der Waals surface area contributed by atoms with E-state index >= 15 is 0 Å². The van der Waals surface area contributed by atoms with Crippen molar-refractivity contribution in [2.45, 2.75) is 38.0 Å². The van der Waals surface area contributed by atoms with Crippen molar-refractivity contribution in [1.82, 2.24) is 19.5 Å². The van der Waals surface area contributed by atoms with Crippen LogP contribution in [0.5, 0.6) is 0 Å². The number of aliphatic hydroxyl groups is 1. The van der Waals surface area contributed by atoms with E-state index in [4.69, 9.17) is 19.4 Å². The molecule has 3 rings (SSSR count). The average Bonchev–Trinajstić information content (AvgIpc) is 3.19. The van der Waals surface area contributed by atoms with Gasteiger partial charge in [-0.15, -0.1) is 0 Å². The maximum absolute atomic E-state index is 14.5. The summed E-state index contributed by atoms with van der Waals surface area (Å²) in [6.07, 6.45) is -3.91. The number of aromatic nitrogens is 4. The average molecular weight is 522 g/mol. The third-order valence-corrected chi connectivity index (χ3v) is 7.95. The number of ether oxygens (including phenoxy) is 1. The molecule has 16 nitrogen and oxygen atoms in total. The highest BCUT2D eigenvalue weighted by atomic mass is 31.3. The van der Waals surface area contributed by atoms with Crippen LogP contribution in [-0.4, -0.2) is 69.2 Å². The monoisotopic (exact) mass is 522 g/mol. The molecule has 0 aliphatic carbocycles. The minimum absolute atomic E-state index is 0.238. The van der Waals surface area contributed by atoms with E-state index in [1.807, 2.05) is 6.92 Å². The van der Waals surface area contributed by atoms with Gasteiger partial charge in [-0.05, 0) is 6.42 Å². The zero-order valence-electron chi connectivity index (χ0n) is 16.0. The highest BCUT2D eigenvalue weighted by Gasteiger charge is 2.48. The smallest absolute Gasteiger partial charge is 0.385 e. The molecule has 1 saturated heterocycles. The van der Waals surface area contributed by atoms with Crippen LogP contribution in [0.25, 0.3) is 11.2 Å². The summed E-state index contributed by atoms with van der Waals surface area (Å²) in [4.78, 5) is 47.8. The maximum atomic E-state index is 14.5. The molecule has 1 fully saturated rings. The molecule has 5 N–H and O–H groups in total. The molecular weight excluding hydrogens is 504 g/mol. The fraction of sp³-hybridized carbons (Fsp3) is 0.583. The van der Waals surface area contributed by atoms with Gasteiger partial charge < -0.3 is 29.4 Å². The Kier molecular flexibility index (Phi) is 7.33. The first-order chi connectivity index (χ1) is 14.7. The van der Waals surface area contributed by atoms with Crippen LogP contribution in [-0.2, 0) is 38.0 Å². The van der Waals surface area contributed by atoms with Crippen LogP contribution in [0, 0.1) is 0 Å². The van der Waals surface area contributed by atoms with E-state index in [1.54, 1.807) is 0 Å². The molecule has 32 heavy (non-hydrogen) atoms. The summed E-state index contributed by atoms with van der Waals surface area (Å²) in [5.41, 5.74) is 1.24. The second-order valence-corrected chi connectivity index (χ2v) is 10.8. The van der Waals surface area contributed by atoms with E-state index < -0.39 is 54.7 Å². The second-order valence-electron chi connectivity index (χ2n) is 6.38. The topological polar surface area (TPSA) is 233 Å². The predicted octanol–water partition coefficient (Wildman–Crippen LogP) is 0.328. The minimum atomic E-state index is -5.72. The van der Waals surface area contributed by atoms with E-state index in [9.17, 15) is 28.1 Å². The molecule has 1 aliphatic heterocycles. The first-order valence-corrected chi connectivity index (χ1v) is 13.2. The molecule has 2 aromatic rings. The van der Waals surface area contributed by atoms with E-state index in [-0.39, 0.29) is 5.65 Å². The fourth-order valence-electron chi connectivity index (χ4n) is 2.89. The number of nitrogens with zero attached hydrogens (tertiary/aromatic N) is 4. The maximum Gasteiger partial charge on any atom is 0.490 e. The van der Waals surface area contributed by atoms with Crippen molar-refractivity contribution >= 4 is 34.6 Å². The number of rotatable bonds is 9. The van der Waals surface area contributed by atoms with Crippen molar-refractivity contribution < 1.29 is 60.6 Å². The van der Waals surface area contributed by atoms with E-state index in [0.717, 1.165) is 0 Å². The summed E-state index contributed by atoms with van der Waals surface area (Å²) in [6, 6.07) is 0. The second kappa shape index (κ2) is 9.22. The Bertz CT molecular complexity index is 1130. The first-order valence-electron chi connectivity index (χ1n) is 8.65. The van der Waals surface area contributed by atoms with Crippen molar-refractivity contribution in [2.75, 3.05) is 6.61 Å². The van der Waals surface area contributed by atoms with E-state index in [1.165, 1.54) is 17.2 Å². The Labute approximate surface area is 178 Å². The van der Waals surface area contributed by atoms with Crippen LogP contribution >= 0.6 is 23.5 Å². The molecule has 0 bridgehead atoms. The van der Waals surface area contributed by atoms with Crippen LogP contribution in [0.1, 0.15) is 18.8 Å². The number of hydrogen-bond donors (Lipinski definition) is 5. The summed E-state index contributed by atoms with van der Waals surface area (Å²) in [7, 11) is -16.8. The molecule has 180 valence electrons. The lowest BCUT2D eigenvalue weighted by atomic mass is 10.1. The summed E-state index contributed by atoms with van der Waals surface area (Å²) in [5, 5.41) is 10.2. The Morgan fingerprint density at radius 3 is 2.44 bits per heavy atom. The highest BCUT2D eigenvalue weighted by molar-refractivity contribution is 7.66. The van der Waals surface area contributed by atoms with Gasteiger partial charge in [-0.3, -0.25) is 9.09 Å². The van der Waals surface area contributed by atoms with Crippen molar-refractivity contribution in [3.63, 3.8) is 0 Å². The zero-order valence-corrected chi connectivity index (χ0v) is 18.7. The molecule has 2 aromatic heterocycles. The SMILES string of the molecule is CCc1ncnc2c1ncn2C1OC(COP(=O)(O)OP(=O)(O)OP(=O)(O)O)C(F)C1O. The van der Waals surface area contributed by atoms with Gasteiger partial charge in [-0.25, -0.2) is 33.0 Å². The Balaban J connectivity index is 1.70. The molecule has 0 spiro atoms. The standard InChI is InChI=1S/C12H18FN4O12P3/c1-2-6-9-11(15-4-14-6)17(5-16-9)12-10(18)8(13)7(27-12)3-26-31(22,23)29-32(24,25)28-30(19,20)21/h4-5,7-8,10,12,18H,2-3H2,1H3,(H,22,23)(H,24,25)(H2,19,20,21). The lowest BCUT2D eigenvalue weighted by Crippen LogP contribution is -2.30. The normalized spacial score (nSPS) is 28.0. The first kappa shape index (κ1) is 25.4. The van der Waals surface area contributed by atoms with Crippen LogP contribution in [0.3, 0.4) is 0 Å². The van der Waals surface area contributed by atoms with Crippen LogP contribution in [0.4, 0.5) is 4.39 Å². The third kappa shape index (κ3) is 5.83. The van der Waals surface area contributed by atoms with Gasteiger partial charge in [0, 0.05) is 0 Å². The number of aliphatic hydroxyl groups excluding tert-OH is 1. The van der Waals surface area contributed by atoms with Gasteiger partial charge in [-0.2, -0.15) is 8.62 Å². The van der Waals surface area contributed by atoms with Gasteiger partial charge in [-0.1, -0.05) is 6.92 Å². The van der Waals surface area contributed by atoms with Crippen molar-refractivity contribution in [2.24, 2.45) is 0 Å². The Morgan fingerprint density at radius 1 is 1.12 bits per heavy atom. The van der Waals surface area contributed by atoms with E-state index in [2.05, 4.69) is 28.1 Å². The number of alkyl halides is 1. The van der Waals surface area contributed by atoms with Crippen molar-refractivity contribution in [3.05, 3.63) is 18.3 Å². The molecule has 0 aromatic carbocycles. The van der Waals surface area contributed by atoms with Gasteiger partial charge in [0.1, 0.15) is 24.1 Å².